The number of anilines is 1. The molecule has 3 fully saturated rings. The summed E-state index contributed by atoms with van der Waals surface area (Å²) in [5.41, 5.74) is -0.229. The molecule has 5 rings (SSSR count). The summed E-state index contributed by atoms with van der Waals surface area (Å²) in [4.78, 5) is 25.9. The van der Waals surface area contributed by atoms with Gasteiger partial charge in [-0.3, -0.25) is 4.79 Å². The van der Waals surface area contributed by atoms with Crippen LogP contribution in [-0.2, 0) is 22.6 Å². The zero-order valence-electron chi connectivity index (χ0n) is 26.2. The van der Waals surface area contributed by atoms with E-state index in [1.807, 2.05) is 12.4 Å². The molecule has 0 bridgehead atoms. The van der Waals surface area contributed by atoms with Crippen LogP contribution in [0.1, 0.15) is 43.2 Å². The van der Waals surface area contributed by atoms with Gasteiger partial charge in [-0.1, -0.05) is 6.07 Å². The van der Waals surface area contributed by atoms with Gasteiger partial charge in [0.15, 0.2) is 0 Å². The standard InChI is InChI=1S/C33H48FN5O6/c1-44-19-24-16-36-32(37-17-24)38-9-5-25(6-10-38)29-12-26(29)7-11-45-28-3-2-27(30(34)14-28)13-31(42)39-8-4-23(18-39)15-35-20-33(43,21-40)22-41/h2-3,14,16-17,23,25-26,29,35,40-41,43H,4-13,15,18-22H2,1H3/t23-,26+,29+/m0/s1. The summed E-state index contributed by atoms with van der Waals surface area (Å²) in [7, 11) is 1.66. The first-order chi connectivity index (χ1) is 21.8. The largest absolute Gasteiger partial charge is 0.493 e. The minimum absolute atomic E-state index is 0.00510. The number of halogens is 1. The Hall–Kier alpha value is -2.90. The van der Waals surface area contributed by atoms with Crippen LogP contribution in [0.5, 0.6) is 5.75 Å². The number of nitrogens with one attached hydrogen (secondary N) is 1. The average Bonchev–Trinajstić information content (AvgIpc) is 3.67. The third-order valence-electron chi connectivity index (χ3n) is 9.65. The lowest BCUT2D eigenvalue weighted by Crippen LogP contribution is -2.48. The molecule has 3 heterocycles. The first kappa shape index (κ1) is 33.5. The van der Waals surface area contributed by atoms with Gasteiger partial charge in [0, 0.05) is 63.9 Å². The van der Waals surface area contributed by atoms with Crippen molar-refractivity contribution in [3.63, 3.8) is 0 Å². The number of piperidine rings is 1. The molecule has 1 aliphatic carbocycles. The lowest BCUT2D eigenvalue weighted by molar-refractivity contribution is -0.129. The average molecular weight is 630 g/mol. The van der Waals surface area contributed by atoms with Gasteiger partial charge in [0.05, 0.1) is 32.8 Å². The molecule has 0 unspecified atom stereocenters. The molecule has 2 saturated heterocycles. The zero-order valence-corrected chi connectivity index (χ0v) is 26.2. The highest BCUT2D eigenvalue weighted by Gasteiger charge is 2.43. The van der Waals surface area contributed by atoms with Crippen molar-refractivity contribution in [2.75, 3.05) is 71.1 Å². The molecule has 1 saturated carbocycles. The van der Waals surface area contributed by atoms with Gasteiger partial charge in [0.1, 0.15) is 17.2 Å². The quantitative estimate of drug-likeness (QED) is 0.217. The lowest BCUT2D eigenvalue weighted by atomic mass is 9.90. The Morgan fingerprint density at radius 1 is 1.13 bits per heavy atom. The first-order valence-corrected chi connectivity index (χ1v) is 16.2. The Labute approximate surface area is 264 Å². The van der Waals surface area contributed by atoms with Crippen molar-refractivity contribution < 1.29 is 34.0 Å². The van der Waals surface area contributed by atoms with E-state index in [1.165, 1.54) is 12.5 Å². The third-order valence-corrected chi connectivity index (χ3v) is 9.65. The molecule has 1 amide bonds. The molecule has 3 atom stereocenters. The zero-order chi connectivity index (χ0) is 31.8. The van der Waals surface area contributed by atoms with Crippen LogP contribution in [0.3, 0.4) is 0 Å². The summed E-state index contributed by atoms with van der Waals surface area (Å²) in [6.07, 6.45) is 8.94. The smallest absolute Gasteiger partial charge is 0.227 e. The molecule has 0 radical (unpaired) electrons. The maximum Gasteiger partial charge on any atom is 0.227 e. The number of hydrogen-bond donors (Lipinski definition) is 4. The van der Waals surface area contributed by atoms with Gasteiger partial charge in [0.25, 0.3) is 0 Å². The Balaban J connectivity index is 0.975. The number of amides is 1. The van der Waals surface area contributed by atoms with E-state index >= 15 is 0 Å². The van der Waals surface area contributed by atoms with Crippen LogP contribution in [0.15, 0.2) is 30.6 Å². The summed E-state index contributed by atoms with van der Waals surface area (Å²) >= 11 is 0. The summed E-state index contributed by atoms with van der Waals surface area (Å²) in [5, 5.41) is 31.4. The van der Waals surface area contributed by atoms with E-state index in [4.69, 9.17) is 9.47 Å². The maximum absolute atomic E-state index is 14.9. The highest BCUT2D eigenvalue weighted by molar-refractivity contribution is 5.79. The van der Waals surface area contributed by atoms with Crippen molar-refractivity contribution >= 4 is 11.9 Å². The maximum atomic E-state index is 14.9. The SMILES string of the molecule is COCc1cnc(N2CCC([C@H]3C[C@H]3CCOc3ccc(CC(=O)N4CC[C@@H](CNCC(O)(CO)CO)C4)c(F)c3)CC2)nc1. The van der Waals surface area contributed by atoms with Crippen molar-refractivity contribution in [2.45, 2.75) is 50.7 Å². The van der Waals surface area contributed by atoms with Gasteiger partial charge in [-0.15, -0.1) is 0 Å². The van der Waals surface area contributed by atoms with E-state index in [0.717, 1.165) is 56.2 Å². The second-order valence-electron chi connectivity index (χ2n) is 13.0. The fourth-order valence-corrected chi connectivity index (χ4v) is 6.72. The molecule has 248 valence electrons. The van der Waals surface area contributed by atoms with Crippen LogP contribution in [0.4, 0.5) is 10.3 Å². The molecule has 0 spiro atoms. The number of benzene rings is 1. The summed E-state index contributed by atoms with van der Waals surface area (Å²) < 4.78 is 25.9. The topological polar surface area (TPSA) is 141 Å². The van der Waals surface area contributed by atoms with E-state index in [-0.39, 0.29) is 24.8 Å². The van der Waals surface area contributed by atoms with E-state index in [2.05, 4.69) is 20.2 Å². The van der Waals surface area contributed by atoms with Gasteiger partial charge in [0.2, 0.25) is 11.9 Å². The number of aromatic nitrogens is 2. The number of carbonyl (C=O) groups excluding carboxylic acids is 1. The number of hydrogen-bond acceptors (Lipinski definition) is 10. The minimum Gasteiger partial charge on any atom is -0.493 e. The van der Waals surface area contributed by atoms with Crippen LogP contribution in [0.2, 0.25) is 0 Å². The number of likely N-dealkylation sites (tertiary alicyclic amines) is 1. The molecule has 3 aliphatic rings. The molecular weight excluding hydrogens is 581 g/mol. The van der Waals surface area contributed by atoms with Gasteiger partial charge in [-0.2, -0.15) is 0 Å². The fourth-order valence-electron chi connectivity index (χ4n) is 6.72. The highest BCUT2D eigenvalue weighted by atomic mass is 19.1. The first-order valence-electron chi connectivity index (χ1n) is 16.2. The van der Waals surface area contributed by atoms with Gasteiger partial charge < -0.3 is 39.9 Å². The number of aliphatic hydroxyl groups excluding tert-OH is 2. The number of rotatable bonds is 16. The van der Waals surface area contributed by atoms with Gasteiger partial charge in [-0.05, 0) is 74.0 Å². The van der Waals surface area contributed by atoms with Gasteiger partial charge in [-0.25, -0.2) is 14.4 Å². The van der Waals surface area contributed by atoms with Crippen molar-refractivity contribution in [1.82, 2.24) is 20.2 Å². The summed E-state index contributed by atoms with van der Waals surface area (Å²) in [6.45, 7) is 3.70. The molecular formula is C33H48FN5O6. The fraction of sp³-hybridized carbons (Fsp3) is 0.667. The van der Waals surface area contributed by atoms with Crippen molar-refractivity contribution in [2.24, 2.45) is 23.7 Å². The predicted molar refractivity (Wildman–Crippen MR) is 166 cm³/mol. The van der Waals surface area contributed by atoms with Crippen molar-refractivity contribution in [3.8, 4) is 5.75 Å². The van der Waals surface area contributed by atoms with Gasteiger partial charge >= 0.3 is 0 Å². The predicted octanol–water partition coefficient (Wildman–Crippen LogP) is 1.78. The number of ether oxygens (including phenoxy) is 2. The molecule has 2 aromatic rings. The van der Waals surface area contributed by atoms with E-state index in [0.29, 0.717) is 56.0 Å². The van der Waals surface area contributed by atoms with Crippen LogP contribution in [0.25, 0.3) is 0 Å². The second-order valence-corrected chi connectivity index (χ2v) is 13.0. The van der Waals surface area contributed by atoms with Crippen LogP contribution in [0, 0.1) is 29.5 Å². The molecule has 4 N–H and O–H groups in total. The molecule has 11 nitrogen and oxygen atoms in total. The Morgan fingerprint density at radius 2 is 1.89 bits per heavy atom. The summed E-state index contributed by atoms with van der Waals surface area (Å²) in [5.74, 6) is 3.02. The third kappa shape index (κ3) is 9.10. The lowest BCUT2D eigenvalue weighted by Gasteiger charge is -2.32. The van der Waals surface area contributed by atoms with Crippen LogP contribution < -0.4 is 15.0 Å². The Bertz CT molecular complexity index is 1240. The van der Waals surface area contributed by atoms with Crippen LogP contribution >= 0.6 is 0 Å². The van der Waals surface area contributed by atoms with E-state index in [1.54, 1.807) is 24.1 Å². The Morgan fingerprint density at radius 3 is 2.58 bits per heavy atom. The number of nitrogens with zero attached hydrogens (tertiary/aromatic N) is 4. The number of carbonyl (C=O) groups is 1. The second kappa shape index (κ2) is 15.6. The van der Waals surface area contributed by atoms with E-state index < -0.39 is 24.6 Å². The Kier molecular flexibility index (Phi) is 11.6. The number of methoxy groups -OCH3 is 1. The minimum atomic E-state index is -1.56. The molecule has 45 heavy (non-hydrogen) atoms. The molecule has 1 aromatic carbocycles. The molecule has 12 heteroatoms. The van der Waals surface area contributed by atoms with Crippen molar-refractivity contribution in [1.29, 1.82) is 0 Å². The monoisotopic (exact) mass is 629 g/mol. The normalized spacial score (nSPS) is 22.2. The highest BCUT2D eigenvalue weighted by Crippen LogP contribution is 2.49. The van der Waals surface area contributed by atoms with Crippen LogP contribution in [-0.4, -0.2) is 108 Å². The van der Waals surface area contributed by atoms with E-state index in [9.17, 15) is 24.5 Å². The number of aliphatic hydroxyl groups is 3. The molecule has 2 aliphatic heterocycles. The molecule has 1 aromatic heterocycles. The van der Waals surface area contributed by atoms with Crippen molar-refractivity contribution in [3.05, 3.63) is 47.5 Å². The summed E-state index contributed by atoms with van der Waals surface area (Å²) in [6, 6.07) is 4.77.